The van der Waals surface area contributed by atoms with Crippen LogP contribution in [0.5, 0.6) is 0 Å². The van der Waals surface area contributed by atoms with Crippen molar-refractivity contribution in [3.05, 3.63) is 70.4 Å². The van der Waals surface area contributed by atoms with Crippen LogP contribution in [0.2, 0.25) is 0 Å². The van der Waals surface area contributed by atoms with Crippen LogP contribution in [0.4, 0.5) is 23.7 Å². The van der Waals surface area contributed by atoms with Crippen LogP contribution in [0.3, 0.4) is 0 Å². The SMILES string of the molecule is CCN1C(=O)N(c2cccc(C(F)(F)F)c2)C2=C(C(=O)CC2)C1c1ccc(C#N)cc1SC. The van der Waals surface area contributed by atoms with E-state index in [1.165, 1.54) is 33.7 Å². The van der Waals surface area contributed by atoms with E-state index in [-0.39, 0.29) is 30.9 Å². The van der Waals surface area contributed by atoms with Gasteiger partial charge in [-0.05, 0) is 55.5 Å². The zero-order chi connectivity index (χ0) is 23.9. The topological polar surface area (TPSA) is 64.4 Å². The average molecular weight is 472 g/mol. The highest BCUT2D eigenvalue weighted by atomic mass is 32.2. The van der Waals surface area contributed by atoms with Gasteiger partial charge >= 0.3 is 12.2 Å². The third-order valence-corrected chi connectivity index (χ3v) is 6.72. The zero-order valence-corrected chi connectivity index (χ0v) is 18.8. The second kappa shape index (κ2) is 8.60. The summed E-state index contributed by atoms with van der Waals surface area (Å²) in [5, 5.41) is 9.26. The number of nitrogens with zero attached hydrogens (tertiary/aromatic N) is 3. The number of carbonyl (C=O) groups excluding carboxylic acids is 2. The summed E-state index contributed by atoms with van der Waals surface area (Å²) in [5.41, 5.74) is 1.28. The molecule has 0 aromatic heterocycles. The number of hydrogen-bond donors (Lipinski definition) is 0. The van der Waals surface area contributed by atoms with E-state index in [9.17, 15) is 28.0 Å². The Kier molecular flexibility index (Phi) is 5.97. The van der Waals surface area contributed by atoms with E-state index in [1.54, 1.807) is 25.1 Å². The Morgan fingerprint density at radius 2 is 1.91 bits per heavy atom. The monoisotopic (exact) mass is 471 g/mol. The predicted molar refractivity (Wildman–Crippen MR) is 119 cm³/mol. The van der Waals surface area contributed by atoms with Gasteiger partial charge in [0.2, 0.25) is 0 Å². The lowest BCUT2D eigenvalue weighted by molar-refractivity contribution is -0.137. The van der Waals surface area contributed by atoms with E-state index in [4.69, 9.17) is 0 Å². The van der Waals surface area contributed by atoms with Gasteiger partial charge in [-0.2, -0.15) is 18.4 Å². The van der Waals surface area contributed by atoms with Crippen molar-refractivity contribution in [1.29, 1.82) is 5.26 Å². The largest absolute Gasteiger partial charge is 0.416 e. The molecule has 1 aliphatic heterocycles. The molecule has 0 fully saturated rings. The van der Waals surface area contributed by atoms with Crippen LogP contribution in [0.15, 0.2) is 58.6 Å². The number of likely N-dealkylation sites (N-methyl/N-ethyl adjacent to an activating group) is 1. The van der Waals surface area contributed by atoms with Crippen molar-refractivity contribution in [3.8, 4) is 6.07 Å². The molecule has 1 unspecified atom stereocenters. The number of thioether (sulfide) groups is 1. The van der Waals surface area contributed by atoms with Crippen LogP contribution in [0, 0.1) is 11.3 Å². The minimum Gasteiger partial charge on any atom is -0.313 e. The number of benzene rings is 2. The summed E-state index contributed by atoms with van der Waals surface area (Å²) in [4.78, 5) is 30.2. The number of rotatable bonds is 4. The zero-order valence-electron chi connectivity index (χ0n) is 17.9. The van der Waals surface area contributed by atoms with Crippen molar-refractivity contribution in [1.82, 2.24) is 4.90 Å². The number of alkyl halides is 3. The van der Waals surface area contributed by atoms with Crippen LogP contribution in [-0.4, -0.2) is 29.5 Å². The molecule has 1 aliphatic carbocycles. The van der Waals surface area contributed by atoms with Crippen LogP contribution in [0.25, 0.3) is 0 Å². The van der Waals surface area contributed by atoms with Crippen molar-refractivity contribution < 1.29 is 22.8 Å². The number of halogens is 3. The third kappa shape index (κ3) is 3.89. The number of ketones is 1. The molecule has 4 rings (SSSR count). The van der Waals surface area contributed by atoms with E-state index in [0.29, 0.717) is 16.8 Å². The molecule has 0 bridgehead atoms. The van der Waals surface area contributed by atoms with Crippen molar-refractivity contribution in [3.63, 3.8) is 0 Å². The summed E-state index contributed by atoms with van der Waals surface area (Å²) in [7, 11) is 0. The highest BCUT2D eigenvalue weighted by molar-refractivity contribution is 7.98. The molecular weight excluding hydrogens is 451 g/mol. The number of Topliss-reactive ketones (excluding diaryl/α,β-unsaturated/α-hetero) is 1. The van der Waals surface area contributed by atoms with Gasteiger partial charge in [0.25, 0.3) is 0 Å². The fourth-order valence-electron chi connectivity index (χ4n) is 4.45. The Labute approximate surface area is 193 Å². The number of hydrogen-bond acceptors (Lipinski definition) is 4. The number of nitriles is 1. The van der Waals surface area contributed by atoms with E-state index < -0.39 is 23.8 Å². The molecule has 2 amide bonds. The van der Waals surface area contributed by atoms with Crippen LogP contribution in [-0.2, 0) is 11.0 Å². The molecule has 0 radical (unpaired) electrons. The number of amides is 2. The van der Waals surface area contributed by atoms with Crippen molar-refractivity contribution >= 4 is 29.3 Å². The summed E-state index contributed by atoms with van der Waals surface area (Å²) < 4.78 is 40.0. The van der Waals surface area contributed by atoms with Gasteiger partial charge in [-0.1, -0.05) is 12.1 Å². The molecule has 2 aromatic carbocycles. The molecule has 0 spiro atoms. The van der Waals surface area contributed by atoms with Gasteiger partial charge in [-0.25, -0.2) is 4.79 Å². The van der Waals surface area contributed by atoms with Gasteiger partial charge in [-0.3, -0.25) is 9.69 Å². The lowest BCUT2D eigenvalue weighted by Crippen LogP contribution is -2.50. The smallest absolute Gasteiger partial charge is 0.313 e. The predicted octanol–water partition coefficient (Wildman–Crippen LogP) is 5.92. The summed E-state index contributed by atoms with van der Waals surface area (Å²) >= 11 is 1.41. The molecule has 1 heterocycles. The molecule has 0 N–H and O–H groups in total. The van der Waals surface area contributed by atoms with Crippen LogP contribution in [0.1, 0.15) is 42.5 Å². The molecule has 170 valence electrons. The quantitative estimate of drug-likeness (QED) is 0.520. The van der Waals surface area contributed by atoms with Gasteiger partial charge in [0.15, 0.2) is 5.78 Å². The fourth-order valence-corrected chi connectivity index (χ4v) is 5.11. The third-order valence-electron chi connectivity index (χ3n) is 5.92. The van der Waals surface area contributed by atoms with E-state index in [2.05, 4.69) is 6.07 Å². The lowest BCUT2D eigenvalue weighted by atomic mass is 9.92. The number of carbonyl (C=O) groups is 2. The first kappa shape index (κ1) is 22.9. The van der Waals surface area contributed by atoms with Crippen molar-refractivity contribution in [2.75, 3.05) is 17.7 Å². The van der Waals surface area contributed by atoms with Gasteiger partial charge in [0, 0.05) is 29.1 Å². The fraction of sp³-hybridized carbons (Fsp3) is 0.292. The summed E-state index contributed by atoms with van der Waals surface area (Å²) in [6, 6.07) is 10.7. The van der Waals surface area contributed by atoms with E-state index in [0.717, 1.165) is 22.6 Å². The van der Waals surface area contributed by atoms with Gasteiger partial charge < -0.3 is 4.90 Å². The Balaban J connectivity index is 1.92. The van der Waals surface area contributed by atoms with Gasteiger partial charge in [0.1, 0.15) is 0 Å². The molecule has 33 heavy (non-hydrogen) atoms. The summed E-state index contributed by atoms with van der Waals surface area (Å²) in [6.07, 6.45) is -2.25. The molecular formula is C24H20F3N3O2S. The highest BCUT2D eigenvalue weighted by Gasteiger charge is 2.46. The maximum Gasteiger partial charge on any atom is 0.416 e. The Hall–Kier alpha value is -3.25. The molecule has 2 aliphatic rings. The minimum absolute atomic E-state index is 0.0823. The van der Waals surface area contributed by atoms with Crippen LogP contribution >= 0.6 is 11.8 Å². The first-order chi connectivity index (χ1) is 15.7. The second-order valence-corrected chi connectivity index (χ2v) is 8.55. The lowest BCUT2D eigenvalue weighted by Gasteiger charge is -2.42. The Morgan fingerprint density at radius 3 is 2.55 bits per heavy atom. The molecule has 2 aromatic rings. The Morgan fingerprint density at radius 1 is 1.15 bits per heavy atom. The summed E-state index contributed by atoms with van der Waals surface area (Å²) in [5.74, 6) is -0.130. The van der Waals surface area contributed by atoms with Crippen molar-refractivity contribution in [2.24, 2.45) is 0 Å². The van der Waals surface area contributed by atoms with Crippen molar-refractivity contribution in [2.45, 2.75) is 36.9 Å². The Bertz CT molecular complexity index is 1220. The van der Waals surface area contributed by atoms with Gasteiger partial charge in [-0.15, -0.1) is 11.8 Å². The van der Waals surface area contributed by atoms with Gasteiger partial charge in [0.05, 0.1) is 28.9 Å². The van der Waals surface area contributed by atoms with Crippen LogP contribution < -0.4 is 4.90 Å². The minimum atomic E-state index is -4.56. The van der Waals surface area contributed by atoms with E-state index in [1.807, 2.05) is 6.26 Å². The molecule has 9 heteroatoms. The molecule has 0 saturated carbocycles. The second-order valence-electron chi connectivity index (χ2n) is 7.71. The van der Waals surface area contributed by atoms with E-state index >= 15 is 0 Å². The normalized spacial score (nSPS) is 18.6. The molecule has 1 atom stereocenters. The highest BCUT2D eigenvalue weighted by Crippen LogP contribution is 2.47. The maximum absolute atomic E-state index is 13.6. The summed E-state index contributed by atoms with van der Waals surface area (Å²) in [6.45, 7) is 2.01. The standard InChI is InChI=1S/C24H20F3N3O2S/c1-3-29-22(17-8-7-14(13-28)11-20(17)33-2)21-18(9-10-19(21)31)30(23(29)32)16-6-4-5-15(12-16)24(25,26)27/h4-8,11-12,22H,3,9-10H2,1-2H3. The first-order valence-corrected chi connectivity index (χ1v) is 11.6. The first-order valence-electron chi connectivity index (χ1n) is 10.3. The maximum atomic E-state index is 13.6. The molecule has 0 saturated heterocycles. The average Bonchev–Trinajstić information content (AvgIpc) is 3.18. The number of anilines is 1. The number of urea groups is 1. The molecule has 5 nitrogen and oxygen atoms in total. The number of allylic oxidation sites excluding steroid dienone is 1.